The van der Waals surface area contributed by atoms with Crippen LogP contribution in [0.1, 0.15) is 302 Å². The fourth-order valence-corrected chi connectivity index (χ4v) is 16.3. The van der Waals surface area contributed by atoms with Crippen LogP contribution in [0.4, 0.5) is 10.1 Å². The molecule has 3 heterocycles. The maximum atomic E-state index is 13.1. The molecule has 782 valence electrons. The first kappa shape index (κ1) is 120. The van der Waals surface area contributed by atoms with Crippen molar-refractivity contribution in [1.29, 1.82) is 0 Å². The topological polar surface area (TPSA) is 35.2 Å². The summed E-state index contributed by atoms with van der Waals surface area (Å²) in [4.78, 5) is 2.40. The van der Waals surface area contributed by atoms with Gasteiger partial charge in [0.2, 0.25) is 0 Å². The lowest BCUT2D eigenvalue weighted by Gasteiger charge is -2.30. The Balaban J connectivity index is 0.000000201. The van der Waals surface area contributed by atoms with Gasteiger partial charge in [-0.25, -0.2) is 9.07 Å². The zero-order chi connectivity index (χ0) is 110. The van der Waals surface area contributed by atoms with Crippen LogP contribution in [0, 0.1) is 54.3 Å². The number of aryl methyl sites for hydroxylation is 7. The molecule has 0 bridgehead atoms. The Morgan fingerprint density at radius 2 is 0.500 bits per heavy atom. The highest BCUT2D eigenvalue weighted by molar-refractivity contribution is 5.68. The van der Waals surface area contributed by atoms with Crippen molar-refractivity contribution in [2.24, 2.45) is 0 Å². The molecular formula is C142H181FN4O. The van der Waals surface area contributed by atoms with Crippen LogP contribution < -0.4 is 4.90 Å². The van der Waals surface area contributed by atoms with E-state index in [1.807, 2.05) is 47.3 Å². The Bertz CT molecular complexity index is 6390. The van der Waals surface area contributed by atoms with Gasteiger partial charge < -0.3 is 14.2 Å². The van der Waals surface area contributed by atoms with E-state index in [4.69, 9.17) is 4.74 Å². The second-order valence-corrected chi connectivity index (χ2v) is 50.2. The average molecular weight is 1980 g/mol. The zero-order valence-corrected chi connectivity index (χ0v) is 97.7. The summed E-state index contributed by atoms with van der Waals surface area (Å²) in [6, 6.07) is 125. The van der Waals surface area contributed by atoms with E-state index in [-0.39, 0.29) is 60.0 Å². The number of aromatic nitrogens is 3. The minimum atomic E-state index is -0.109. The number of rotatable bonds is 7. The van der Waals surface area contributed by atoms with Crippen LogP contribution in [0.3, 0.4) is 0 Å². The van der Waals surface area contributed by atoms with Crippen molar-refractivity contribution in [1.82, 2.24) is 14.3 Å². The number of ether oxygens (including phenoxy) is 1. The van der Waals surface area contributed by atoms with Crippen molar-refractivity contribution >= 4 is 5.69 Å². The molecule has 0 saturated carbocycles. The van der Waals surface area contributed by atoms with Crippen LogP contribution in [0.2, 0.25) is 0 Å². The summed E-state index contributed by atoms with van der Waals surface area (Å²) in [5, 5.41) is 4.23. The molecule has 0 unspecified atom stereocenters. The van der Waals surface area contributed by atoms with E-state index in [0.29, 0.717) is 5.56 Å². The maximum Gasteiger partial charge on any atom is 0.126 e. The summed E-state index contributed by atoms with van der Waals surface area (Å²) < 4.78 is 22.5. The number of anilines is 1. The first-order valence-corrected chi connectivity index (χ1v) is 53.4. The van der Waals surface area contributed by atoms with Gasteiger partial charge in [0.1, 0.15) is 5.82 Å². The normalized spacial score (nSPS) is 12.2. The Labute approximate surface area is 897 Å². The lowest BCUT2D eigenvalue weighted by atomic mass is 9.85. The Kier molecular flexibility index (Phi) is 43.5. The molecule has 148 heavy (non-hydrogen) atoms. The minimum Gasteiger partial charge on any atom is -0.378 e. The molecule has 1 aliphatic heterocycles. The van der Waals surface area contributed by atoms with E-state index in [9.17, 15) is 4.39 Å². The van der Waals surface area contributed by atoms with Crippen LogP contribution >= 0.6 is 0 Å². The number of halogens is 1. The summed E-state index contributed by atoms with van der Waals surface area (Å²) in [7, 11) is 0. The van der Waals surface area contributed by atoms with E-state index in [1.54, 1.807) is 19.2 Å². The largest absolute Gasteiger partial charge is 0.378 e. The summed E-state index contributed by atoms with van der Waals surface area (Å²) in [6.45, 7) is 85.2. The highest BCUT2D eigenvalue weighted by Gasteiger charge is 2.24. The molecule has 2 aromatic heterocycles. The first-order valence-electron chi connectivity index (χ1n) is 53.4. The highest BCUT2D eigenvalue weighted by atomic mass is 19.1. The first-order chi connectivity index (χ1) is 69.0. The lowest BCUT2D eigenvalue weighted by Crippen LogP contribution is -2.36. The quantitative estimate of drug-likeness (QED) is 0.160. The molecule has 0 N–H and O–H groups in total. The molecule has 0 amide bonds. The highest BCUT2D eigenvalue weighted by Crippen LogP contribution is 2.36. The van der Waals surface area contributed by atoms with Gasteiger partial charge >= 0.3 is 0 Å². The van der Waals surface area contributed by atoms with E-state index in [0.717, 1.165) is 37.6 Å². The van der Waals surface area contributed by atoms with E-state index in [1.165, 1.54) is 139 Å². The van der Waals surface area contributed by atoms with Gasteiger partial charge in [0.05, 0.1) is 18.9 Å². The summed E-state index contributed by atoms with van der Waals surface area (Å²) in [5.41, 5.74) is 38.4. The standard InChI is InChI=1S/2C17H20.2C16H18.C14H21NO.C14H17N.C13H16N2.2C12H18.C11H15F/c2*1-13-8-10-14(11-9-13)15-6-5-7-16(12-15)17(2,3)4;1-16(2,3)15-11-7-10-14(12-15)13-8-5-4-6-9-13;1-16(2,3)15-11-9-14(10-12-15)13-7-5-4-6-8-13;1-14(2,3)12-5-4-6-13(11-12)15-7-9-16-10-8-15;1-14(2,3)12-7-6-8-13(11-12)15-9-4-5-10-15;1-13(2,3)11-6-4-7-12(10-11)15-9-5-8-14-15;1-9-6-10(2)8-11(7-9)12(3,4)5;1-9-6-7-11(8-10(9)2)12(3,4)5;1-8-5-6-9(7-10(8)12)11(2,3)4/h2*5-12H,1-4H3;2*4-12H,1-3H3;4-6,11H,7-10H2,1-3H3;4-11H,1-3H3;4-10H,1-3H3;2*6-8H,1-5H3;5-7H,1-4H3. The SMILES string of the molecule is CC(C)(C)c1ccc(-c2ccccc2)cc1.CC(C)(C)c1cccc(-c2ccccc2)c1.CC(C)(C)c1cccc(-n2cccc2)c1.CC(C)(C)c1cccc(-n2cccn2)c1.CC(C)(C)c1cccc(N2CCOCC2)c1.Cc1cc(C)cc(C(C)(C)C)c1.Cc1ccc(-c2cccc(C(C)(C)C)c2)cc1.Cc1ccc(-c2cccc(C(C)(C)C)c2)cc1.Cc1ccc(C(C)(C)C)cc1C.Cc1ccc(C(C)(C)C)cc1F. The monoisotopic (exact) mass is 1980 g/mol. The van der Waals surface area contributed by atoms with Gasteiger partial charge in [-0.1, -0.05) is 521 Å². The van der Waals surface area contributed by atoms with Crippen LogP contribution in [-0.2, 0) is 58.9 Å². The maximum absolute atomic E-state index is 13.1. The van der Waals surface area contributed by atoms with Gasteiger partial charge in [0.15, 0.2) is 0 Å². The summed E-state index contributed by atoms with van der Waals surface area (Å²) in [6.07, 6.45) is 7.90. The summed E-state index contributed by atoms with van der Waals surface area (Å²) in [5.74, 6) is -0.109. The van der Waals surface area contributed by atoms with Gasteiger partial charge in [0.25, 0.3) is 0 Å². The van der Waals surface area contributed by atoms with Gasteiger partial charge in [0, 0.05) is 49.3 Å². The van der Waals surface area contributed by atoms with Crippen molar-refractivity contribution in [2.75, 3.05) is 31.2 Å². The summed E-state index contributed by atoms with van der Waals surface area (Å²) >= 11 is 0. The molecule has 17 rings (SSSR count). The average Bonchev–Trinajstić information content (AvgIpc) is 1.10. The second-order valence-electron chi connectivity index (χ2n) is 50.2. The molecule has 6 heteroatoms. The number of morpholine rings is 1. The van der Waals surface area contributed by atoms with Gasteiger partial charge in [-0.3, -0.25) is 0 Å². The van der Waals surface area contributed by atoms with Crippen LogP contribution in [0.15, 0.2) is 377 Å². The van der Waals surface area contributed by atoms with Gasteiger partial charge in [-0.15, -0.1) is 0 Å². The van der Waals surface area contributed by atoms with Crippen LogP contribution in [0.25, 0.3) is 55.9 Å². The second kappa shape index (κ2) is 53.4. The Morgan fingerprint density at radius 1 is 0.209 bits per heavy atom. The molecule has 1 aliphatic rings. The molecule has 16 aromatic rings. The van der Waals surface area contributed by atoms with E-state index < -0.39 is 0 Å². The third kappa shape index (κ3) is 40.0. The molecule has 0 spiro atoms. The Morgan fingerprint density at radius 3 is 0.858 bits per heavy atom. The minimum absolute atomic E-state index is 0.0362. The smallest absolute Gasteiger partial charge is 0.126 e. The number of hydrogen-bond acceptors (Lipinski definition) is 3. The predicted molar refractivity (Wildman–Crippen MR) is 646 cm³/mol. The molecule has 1 fully saturated rings. The van der Waals surface area contributed by atoms with Crippen molar-refractivity contribution in [3.63, 3.8) is 0 Å². The molecule has 5 nitrogen and oxygen atoms in total. The van der Waals surface area contributed by atoms with Crippen molar-refractivity contribution < 1.29 is 9.13 Å². The van der Waals surface area contributed by atoms with Crippen molar-refractivity contribution in [2.45, 2.75) is 310 Å². The predicted octanol–water partition coefficient (Wildman–Crippen LogP) is 39.6. The van der Waals surface area contributed by atoms with Gasteiger partial charge in [-0.2, -0.15) is 5.10 Å². The molecule has 14 aromatic carbocycles. The fraction of sp³-hybridized carbons (Fsp3) is 0.359. The zero-order valence-electron chi connectivity index (χ0n) is 97.7. The van der Waals surface area contributed by atoms with Crippen LogP contribution in [0.5, 0.6) is 0 Å². The number of benzene rings is 14. The van der Waals surface area contributed by atoms with Crippen molar-refractivity contribution in [3.8, 4) is 55.9 Å². The number of nitrogens with zero attached hydrogens (tertiary/aromatic N) is 4. The van der Waals surface area contributed by atoms with Crippen LogP contribution in [-0.4, -0.2) is 40.7 Å². The van der Waals surface area contributed by atoms with E-state index >= 15 is 0 Å². The lowest BCUT2D eigenvalue weighted by molar-refractivity contribution is 0.122. The molecule has 0 aliphatic carbocycles. The molecule has 0 atom stereocenters. The molecular weight excluding hydrogens is 1800 g/mol. The Hall–Kier alpha value is -12.7. The third-order valence-electron chi connectivity index (χ3n) is 26.6. The molecule has 1 saturated heterocycles. The fourth-order valence-electron chi connectivity index (χ4n) is 16.3. The van der Waals surface area contributed by atoms with E-state index in [2.05, 4.69) is 586 Å². The van der Waals surface area contributed by atoms with Gasteiger partial charge in [-0.05, 0) is 280 Å². The number of hydrogen-bond donors (Lipinski definition) is 0. The van der Waals surface area contributed by atoms with Crippen molar-refractivity contribution in [3.05, 3.63) is 477 Å². The third-order valence-corrected chi connectivity index (χ3v) is 26.6. The molecule has 0 radical (unpaired) electrons.